The summed E-state index contributed by atoms with van der Waals surface area (Å²) in [4.78, 5) is 25.6. The molecule has 1 N–H and O–H groups in total. The molecule has 6 heteroatoms. The fraction of sp³-hybridized carbons (Fsp3) is 0.875. The van der Waals surface area contributed by atoms with Crippen LogP contribution in [-0.2, 0) is 9.47 Å². The Morgan fingerprint density at radius 1 is 1.00 bits per heavy atom. The van der Waals surface area contributed by atoms with Gasteiger partial charge in [0.1, 0.15) is 11.2 Å². The summed E-state index contributed by atoms with van der Waals surface area (Å²) in [5, 5.41) is 2.71. The lowest BCUT2D eigenvalue weighted by Crippen LogP contribution is -2.48. The van der Waals surface area contributed by atoms with Gasteiger partial charge in [-0.2, -0.15) is 0 Å². The molecule has 0 aromatic heterocycles. The van der Waals surface area contributed by atoms with Crippen molar-refractivity contribution in [2.24, 2.45) is 0 Å². The second kappa shape index (κ2) is 8.25. The number of hydrogen-bond donors (Lipinski definition) is 1. The minimum absolute atomic E-state index is 0.132. The molecule has 1 unspecified atom stereocenters. The van der Waals surface area contributed by atoms with Gasteiger partial charge in [-0.3, -0.25) is 0 Å². The lowest BCUT2D eigenvalue weighted by molar-refractivity contribution is 0.0153. The van der Waals surface area contributed by atoms with Crippen molar-refractivity contribution < 1.29 is 19.1 Å². The molecule has 0 radical (unpaired) electrons. The smallest absolute Gasteiger partial charge is 0.410 e. The molecule has 130 valence electrons. The van der Waals surface area contributed by atoms with Gasteiger partial charge in [0.25, 0.3) is 0 Å². The Morgan fingerprint density at radius 3 is 1.86 bits per heavy atom. The van der Waals surface area contributed by atoms with E-state index in [4.69, 9.17) is 9.47 Å². The van der Waals surface area contributed by atoms with Crippen molar-refractivity contribution in [2.75, 3.05) is 13.1 Å². The minimum atomic E-state index is -0.540. The van der Waals surface area contributed by atoms with E-state index >= 15 is 0 Å². The number of hydrogen-bond acceptors (Lipinski definition) is 4. The van der Waals surface area contributed by atoms with E-state index in [0.717, 1.165) is 0 Å². The number of rotatable bonds is 5. The van der Waals surface area contributed by atoms with Crippen LogP contribution in [0.3, 0.4) is 0 Å². The summed E-state index contributed by atoms with van der Waals surface area (Å²) in [7, 11) is 0. The van der Waals surface area contributed by atoms with Crippen LogP contribution < -0.4 is 5.32 Å². The van der Waals surface area contributed by atoms with Gasteiger partial charge in [0.15, 0.2) is 0 Å². The number of alkyl carbamates (subject to hydrolysis) is 1. The van der Waals surface area contributed by atoms with Crippen LogP contribution in [0.2, 0.25) is 0 Å². The Labute approximate surface area is 134 Å². The van der Waals surface area contributed by atoms with Gasteiger partial charge >= 0.3 is 12.2 Å². The first-order valence-electron chi connectivity index (χ1n) is 7.86. The van der Waals surface area contributed by atoms with Crippen LogP contribution in [0.1, 0.15) is 61.8 Å². The molecule has 0 bridgehead atoms. The zero-order valence-corrected chi connectivity index (χ0v) is 15.3. The highest BCUT2D eigenvalue weighted by Crippen LogP contribution is 2.13. The summed E-state index contributed by atoms with van der Waals surface area (Å²) in [5.74, 6) is 0. The molecule has 0 aromatic carbocycles. The number of nitrogens with zero attached hydrogens (tertiary/aromatic N) is 1. The molecule has 0 rings (SSSR count). The van der Waals surface area contributed by atoms with E-state index in [-0.39, 0.29) is 12.1 Å². The Hall–Kier alpha value is -1.46. The average molecular weight is 316 g/mol. The zero-order chi connectivity index (χ0) is 17.6. The number of ether oxygens (including phenoxy) is 2. The van der Waals surface area contributed by atoms with E-state index in [1.165, 1.54) is 0 Å². The SMILES string of the molecule is CCC(CNC(=O)OC(C)(C)C)N(CC)C(=O)OC(C)(C)C. The first kappa shape index (κ1) is 20.5. The third-order valence-corrected chi connectivity index (χ3v) is 2.76. The first-order chi connectivity index (χ1) is 9.89. The molecule has 0 aliphatic rings. The normalized spacial score (nSPS) is 13.3. The standard InChI is InChI=1S/C16H32N2O4/c1-9-12(11-17-13(19)21-15(3,4)5)18(10-2)14(20)22-16(6,7)8/h12H,9-11H2,1-8H3,(H,17,19). The van der Waals surface area contributed by atoms with Crippen LogP contribution >= 0.6 is 0 Å². The first-order valence-corrected chi connectivity index (χ1v) is 7.86. The second-order valence-electron chi connectivity index (χ2n) is 7.21. The van der Waals surface area contributed by atoms with Crippen molar-refractivity contribution in [3.05, 3.63) is 0 Å². The van der Waals surface area contributed by atoms with Crippen molar-refractivity contribution in [1.29, 1.82) is 0 Å². The van der Waals surface area contributed by atoms with Crippen LogP contribution in [0.5, 0.6) is 0 Å². The third kappa shape index (κ3) is 8.74. The molecule has 2 amide bonds. The number of amides is 2. The van der Waals surface area contributed by atoms with Crippen molar-refractivity contribution in [3.63, 3.8) is 0 Å². The molecule has 0 aliphatic carbocycles. The number of nitrogens with one attached hydrogen (secondary N) is 1. The Morgan fingerprint density at radius 2 is 1.50 bits per heavy atom. The third-order valence-electron chi connectivity index (χ3n) is 2.76. The van der Waals surface area contributed by atoms with Crippen LogP contribution in [-0.4, -0.2) is 47.4 Å². The maximum Gasteiger partial charge on any atom is 0.410 e. The highest BCUT2D eigenvalue weighted by atomic mass is 16.6. The molecule has 0 saturated carbocycles. The van der Waals surface area contributed by atoms with Gasteiger partial charge in [-0.25, -0.2) is 9.59 Å². The molecule has 0 heterocycles. The number of likely N-dealkylation sites (N-methyl/N-ethyl adjacent to an activating group) is 1. The predicted octanol–water partition coefficient (Wildman–Crippen LogP) is 3.55. The van der Waals surface area contributed by atoms with Gasteiger partial charge in [0.2, 0.25) is 0 Å². The molecule has 0 spiro atoms. The average Bonchev–Trinajstić information content (AvgIpc) is 2.29. The molecule has 0 saturated heterocycles. The van der Waals surface area contributed by atoms with Gasteiger partial charge in [0.05, 0.1) is 6.04 Å². The lowest BCUT2D eigenvalue weighted by atomic mass is 10.2. The summed E-state index contributed by atoms with van der Waals surface area (Å²) in [6.07, 6.45) is -0.137. The Bertz CT molecular complexity index is 369. The summed E-state index contributed by atoms with van der Waals surface area (Å²) < 4.78 is 10.6. The van der Waals surface area contributed by atoms with Crippen molar-refractivity contribution >= 4 is 12.2 Å². The molecule has 1 atom stereocenters. The van der Waals surface area contributed by atoms with Gasteiger partial charge in [-0.1, -0.05) is 6.92 Å². The molecule has 0 aromatic rings. The summed E-state index contributed by atoms with van der Waals surface area (Å²) in [6.45, 7) is 15.6. The zero-order valence-electron chi connectivity index (χ0n) is 15.3. The topological polar surface area (TPSA) is 67.9 Å². The van der Waals surface area contributed by atoms with Gasteiger partial charge in [-0.05, 0) is 54.9 Å². The molecule has 22 heavy (non-hydrogen) atoms. The highest BCUT2D eigenvalue weighted by Gasteiger charge is 2.27. The van der Waals surface area contributed by atoms with E-state index in [0.29, 0.717) is 19.5 Å². The number of carbonyl (C=O) groups is 2. The molecular formula is C16H32N2O4. The molecule has 0 aliphatic heterocycles. The highest BCUT2D eigenvalue weighted by molar-refractivity contribution is 5.69. The second-order valence-corrected chi connectivity index (χ2v) is 7.21. The van der Waals surface area contributed by atoms with Crippen LogP contribution in [0, 0.1) is 0 Å². The minimum Gasteiger partial charge on any atom is -0.444 e. The summed E-state index contributed by atoms with van der Waals surface area (Å²) >= 11 is 0. The quantitative estimate of drug-likeness (QED) is 0.842. The van der Waals surface area contributed by atoms with Gasteiger partial charge in [0, 0.05) is 13.1 Å². The lowest BCUT2D eigenvalue weighted by Gasteiger charge is -2.32. The maximum atomic E-state index is 12.2. The van der Waals surface area contributed by atoms with E-state index in [9.17, 15) is 9.59 Å². The fourth-order valence-corrected chi connectivity index (χ4v) is 1.85. The van der Waals surface area contributed by atoms with Crippen molar-refractivity contribution in [2.45, 2.75) is 79.1 Å². The fourth-order valence-electron chi connectivity index (χ4n) is 1.85. The predicted molar refractivity (Wildman–Crippen MR) is 86.9 cm³/mol. The monoisotopic (exact) mass is 316 g/mol. The van der Waals surface area contributed by atoms with Gasteiger partial charge < -0.3 is 19.7 Å². The van der Waals surface area contributed by atoms with Crippen LogP contribution in [0.4, 0.5) is 9.59 Å². The molecular weight excluding hydrogens is 284 g/mol. The van der Waals surface area contributed by atoms with Crippen LogP contribution in [0.15, 0.2) is 0 Å². The molecule has 0 fully saturated rings. The van der Waals surface area contributed by atoms with E-state index in [2.05, 4.69) is 5.32 Å². The Kier molecular flexibility index (Phi) is 7.70. The molecule has 6 nitrogen and oxygen atoms in total. The maximum absolute atomic E-state index is 12.2. The van der Waals surface area contributed by atoms with Crippen molar-refractivity contribution in [1.82, 2.24) is 10.2 Å². The number of carbonyl (C=O) groups excluding carboxylic acids is 2. The van der Waals surface area contributed by atoms with Crippen molar-refractivity contribution in [3.8, 4) is 0 Å². The van der Waals surface area contributed by atoms with Crippen LogP contribution in [0.25, 0.3) is 0 Å². The van der Waals surface area contributed by atoms with E-state index in [1.54, 1.807) is 4.90 Å². The Balaban J connectivity index is 4.65. The summed E-state index contributed by atoms with van der Waals surface area (Å²) in [5.41, 5.74) is -1.08. The largest absolute Gasteiger partial charge is 0.444 e. The van der Waals surface area contributed by atoms with E-state index in [1.807, 2.05) is 55.4 Å². The van der Waals surface area contributed by atoms with E-state index < -0.39 is 17.3 Å². The van der Waals surface area contributed by atoms with Gasteiger partial charge in [-0.15, -0.1) is 0 Å². The summed E-state index contributed by atoms with van der Waals surface area (Å²) in [6, 6.07) is -0.132.